The Morgan fingerprint density at radius 1 is 0.839 bits per heavy atom. The monoisotopic (exact) mass is 439 g/mol. The third kappa shape index (κ3) is 5.61. The van der Waals surface area contributed by atoms with Gasteiger partial charge in [0.1, 0.15) is 5.75 Å². The van der Waals surface area contributed by atoms with Crippen molar-refractivity contribution in [2.45, 2.75) is 11.8 Å². The first kappa shape index (κ1) is 21.8. The summed E-state index contributed by atoms with van der Waals surface area (Å²) in [4.78, 5) is 23.5. The minimum absolute atomic E-state index is 0.0531. The van der Waals surface area contributed by atoms with Gasteiger partial charge in [-0.25, -0.2) is 8.42 Å². The Hall–Kier alpha value is -3.85. The Balaban J connectivity index is 1.83. The highest BCUT2D eigenvalue weighted by Crippen LogP contribution is 2.29. The van der Waals surface area contributed by atoms with Crippen LogP contribution < -0.4 is 20.1 Å². The predicted molar refractivity (Wildman–Crippen MR) is 119 cm³/mol. The largest absolute Gasteiger partial charge is 0.495 e. The molecule has 0 fully saturated rings. The van der Waals surface area contributed by atoms with Crippen LogP contribution in [0.1, 0.15) is 17.3 Å². The van der Waals surface area contributed by atoms with E-state index in [2.05, 4.69) is 15.4 Å². The van der Waals surface area contributed by atoms with E-state index < -0.39 is 15.9 Å². The van der Waals surface area contributed by atoms with E-state index in [0.717, 1.165) is 0 Å². The second kappa shape index (κ2) is 9.31. The highest BCUT2D eigenvalue weighted by atomic mass is 32.2. The number of amides is 2. The molecule has 0 aliphatic heterocycles. The SMILES string of the molecule is COc1ccc(S(=O)(=O)Nc2ccc(NC(C)=O)cc2)cc1NC(=O)c1ccccc1. The molecule has 2 amide bonds. The van der Waals surface area contributed by atoms with Crippen molar-refractivity contribution in [3.8, 4) is 5.75 Å². The maximum Gasteiger partial charge on any atom is 0.261 e. The lowest BCUT2D eigenvalue weighted by atomic mass is 10.2. The van der Waals surface area contributed by atoms with Gasteiger partial charge in [-0.05, 0) is 54.6 Å². The van der Waals surface area contributed by atoms with Crippen LogP contribution in [0.4, 0.5) is 17.1 Å². The normalized spacial score (nSPS) is 10.8. The van der Waals surface area contributed by atoms with E-state index in [0.29, 0.717) is 22.7 Å². The number of sulfonamides is 1. The van der Waals surface area contributed by atoms with Gasteiger partial charge in [0.25, 0.3) is 15.9 Å². The van der Waals surface area contributed by atoms with Gasteiger partial charge in [-0.3, -0.25) is 14.3 Å². The van der Waals surface area contributed by atoms with Crippen molar-refractivity contribution in [1.29, 1.82) is 0 Å². The molecule has 0 aromatic heterocycles. The molecule has 0 aliphatic rings. The van der Waals surface area contributed by atoms with Crippen LogP contribution >= 0.6 is 0 Å². The van der Waals surface area contributed by atoms with Crippen LogP contribution in [0.15, 0.2) is 77.7 Å². The highest BCUT2D eigenvalue weighted by molar-refractivity contribution is 7.92. The second-order valence-electron chi connectivity index (χ2n) is 6.55. The average Bonchev–Trinajstić information content (AvgIpc) is 2.75. The second-order valence-corrected chi connectivity index (χ2v) is 8.23. The van der Waals surface area contributed by atoms with Gasteiger partial charge in [-0.1, -0.05) is 18.2 Å². The van der Waals surface area contributed by atoms with Crippen LogP contribution in [-0.4, -0.2) is 27.3 Å². The summed E-state index contributed by atoms with van der Waals surface area (Å²) in [7, 11) is -2.51. The van der Waals surface area contributed by atoms with Crippen molar-refractivity contribution in [3.63, 3.8) is 0 Å². The summed E-state index contributed by atoms with van der Waals surface area (Å²) in [5.41, 5.74) is 1.51. The molecule has 0 saturated heterocycles. The van der Waals surface area contributed by atoms with Gasteiger partial charge in [0.05, 0.1) is 17.7 Å². The molecule has 0 bridgehead atoms. The van der Waals surface area contributed by atoms with Crippen LogP contribution in [0.25, 0.3) is 0 Å². The highest BCUT2D eigenvalue weighted by Gasteiger charge is 2.18. The fourth-order valence-electron chi connectivity index (χ4n) is 2.77. The van der Waals surface area contributed by atoms with Crippen molar-refractivity contribution in [2.24, 2.45) is 0 Å². The number of rotatable bonds is 7. The molecule has 0 unspecified atom stereocenters. The van der Waals surface area contributed by atoms with Gasteiger partial charge in [-0.2, -0.15) is 0 Å². The van der Waals surface area contributed by atoms with E-state index in [1.165, 1.54) is 44.4 Å². The molecular formula is C22H21N3O5S. The lowest BCUT2D eigenvalue weighted by Gasteiger charge is -2.14. The fourth-order valence-corrected chi connectivity index (χ4v) is 3.86. The Bertz CT molecular complexity index is 1190. The minimum atomic E-state index is -3.94. The van der Waals surface area contributed by atoms with Crippen LogP contribution in [-0.2, 0) is 14.8 Å². The smallest absolute Gasteiger partial charge is 0.261 e. The van der Waals surface area contributed by atoms with Crippen LogP contribution in [0.2, 0.25) is 0 Å². The van der Waals surface area contributed by atoms with E-state index in [4.69, 9.17) is 4.74 Å². The fraction of sp³-hybridized carbons (Fsp3) is 0.0909. The maximum absolute atomic E-state index is 12.8. The molecule has 31 heavy (non-hydrogen) atoms. The minimum Gasteiger partial charge on any atom is -0.495 e. The molecule has 0 atom stereocenters. The zero-order valence-corrected chi connectivity index (χ0v) is 17.7. The molecule has 3 aromatic rings. The number of carbonyl (C=O) groups is 2. The zero-order chi connectivity index (χ0) is 22.4. The topological polar surface area (TPSA) is 114 Å². The summed E-state index contributed by atoms with van der Waals surface area (Å²) in [6.07, 6.45) is 0. The number of hydrogen-bond donors (Lipinski definition) is 3. The lowest BCUT2D eigenvalue weighted by molar-refractivity contribution is -0.114. The summed E-state index contributed by atoms with van der Waals surface area (Å²) in [6.45, 7) is 1.38. The molecule has 0 aliphatic carbocycles. The quantitative estimate of drug-likeness (QED) is 0.519. The van der Waals surface area contributed by atoms with E-state index >= 15 is 0 Å². The molecule has 8 nitrogen and oxygen atoms in total. The summed E-state index contributed by atoms with van der Waals surface area (Å²) in [5, 5.41) is 5.29. The molecule has 3 N–H and O–H groups in total. The molecule has 0 spiro atoms. The summed E-state index contributed by atoms with van der Waals surface area (Å²) < 4.78 is 33.4. The third-order valence-corrected chi connectivity index (χ3v) is 5.60. The van der Waals surface area contributed by atoms with Gasteiger partial charge in [0.2, 0.25) is 5.91 Å². The van der Waals surface area contributed by atoms with Crippen LogP contribution in [0, 0.1) is 0 Å². The average molecular weight is 439 g/mol. The van der Waals surface area contributed by atoms with E-state index in [1.54, 1.807) is 42.5 Å². The standard InChI is InChI=1S/C22H21N3O5S/c1-15(26)23-17-8-10-18(11-9-17)25-31(28,29)19-12-13-21(30-2)20(14-19)24-22(27)16-6-4-3-5-7-16/h3-14,25H,1-2H3,(H,23,26)(H,24,27). The van der Waals surface area contributed by atoms with Gasteiger partial charge >= 0.3 is 0 Å². The molecule has 3 rings (SSSR count). The summed E-state index contributed by atoms with van der Waals surface area (Å²) in [5.74, 6) is -0.297. The van der Waals surface area contributed by atoms with Crippen molar-refractivity contribution in [1.82, 2.24) is 0 Å². The molecule has 0 saturated carbocycles. The van der Waals surface area contributed by atoms with Gasteiger partial charge < -0.3 is 15.4 Å². The number of methoxy groups -OCH3 is 1. The molecule has 3 aromatic carbocycles. The van der Waals surface area contributed by atoms with Crippen LogP contribution in [0.3, 0.4) is 0 Å². The van der Waals surface area contributed by atoms with Gasteiger partial charge in [0.15, 0.2) is 0 Å². The number of hydrogen-bond acceptors (Lipinski definition) is 5. The number of carbonyl (C=O) groups excluding carboxylic acids is 2. The van der Waals surface area contributed by atoms with Crippen LogP contribution in [0.5, 0.6) is 5.75 Å². The Morgan fingerprint density at radius 2 is 1.48 bits per heavy atom. The zero-order valence-electron chi connectivity index (χ0n) is 16.9. The summed E-state index contributed by atoms with van der Waals surface area (Å²) >= 11 is 0. The first-order valence-electron chi connectivity index (χ1n) is 9.23. The Labute approximate surface area is 180 Å². The van der Waals surface area contributed by atoms with Gasteiger partial charge in [0, 0.05) is 23.9 Å². The lowest BCUT2D eigenvalue weighted by Crippen LogP contribution is -2.16. The van der Waals surface area contributed by atoms with Gasteiger partial charge in [-0.15, -0.1) is 0 Å². The summed E-state index contributed by atoms with van der Waals surface area (Å²) in [6, 6.07) is 18.9. The predicted octanol–water partition coefficient (Wildman–Crippen LogP) is 3.71. The first-order valence-corrected chi connectivity index (χ1v) is 10.7. The molecular weight excluding hydrogens is 418 g/mol. The molecule has 0 heterocycles. The van der Waals surface area contributed by atoms with Crippen molar-refractivity contribution in [3.05, 3.63) is 78.4 Å². The van der Waals surface area contributed by atoms with Crippen molar-refractivity contribution in [2.75, 3.05) is 22.5 Å². The number of nitrogens with one attached hydrogen (secondary N) is 3. The van der Waals surface area contributed by atoms with E-state index in [1.807, 2.05) is 0 Å². The van der Waals surface area contributed by atoms with Crippen molar-refractivity contribution >= 4 is 38.9 Å². The molecule has 160 valence electrons. The number of anilines is 3. The Kier molecular flexibility index (Phi) is 6.56. The van der Waals surface area contributed by atoms with E-state index in [9.17, 15) is 18.0 Å². The Morgan fingerprint density at radius 3 is 2.10 bits per heavy atom. The number of benzene rings is 3. The first-order chi connectivity index (χ1) is 14.8. The van der Waals surface area contributed by atoms with Crippen molar-refractivity contribution < 1.29 is 22.7 Å². The molecule has 9 heteroatoms. The third-order valence-electron chi connectivity index (χ3n) is 4.22. The van der Waals surface area contributed by atoms with E-state index in [-0.39, 0.29) is 16.5 Å². The number of ether oxygens (including phenoxy) is 1. The molecule has 0 radical (unpaired) electrons. The maximum atomic E-state index is 12.8.